The molecule has 4 heteroatoms. The minimum atomic E-state index is 0.443. The van der Waals surface area contributed by atoms with Crippen molar-refractivity contribution in [2.45, 2.75) is 4.90 Å². The summed E-state index contributed by atoms with van der Waals surface area (Å²) in [5, 5.41) is 0.984. The first kappa shape index (κ1) is 9.04. The normalized spacial score (nSPS) is 10.1. The Labute approximate surface area is 79.9 Å². The van der Waals surface area contributed by atoms with E-state index < -0.39 is 0 Å². The van der Waals surface area contributed by atoms with E-state index in [1.54, 1.807) is 17.8 Å². The lowest BCUT2D eigenvalue weighted by Gasteiger charge is -2.03. The summed E-state index contributed by atoms with van der Waals surface area (Å²) in [5.74, 6) is 0. The summed E-state index contributed by atoms with van der Waals surface area (Å²) >= 11 is 13.2. The van der Waals surface area contributed by atoms with E-state index in [-0.39, 0.29) is 0 Å². The number of halogens is 2. The molecule has 0 radical (unpaired) electrons. The number of nitrogens with two attached hydrogens (primary N) is 1. The fourth-order valence-corrected chi connectivity index (χ4v) is 1.81. The van der Waals surface area contributed by atoms with Crippen molar-refractivity contribution in [3.8, 4) is 0 Å². The second-order valence-electron chi connectivity index (χ2n) is 1.99. The molecule has 0 aliphatic rings. The molecule has 1 aromatic rings. The maximum atomic E-state index is 5.87. The van der Waals surface area contributed by atoms with Gasteiger partial charge in [-0.1, -0.05) is 23.2 Å². The van der Waals surface area contributed by atoms with Gasteiger partial charge in [0, 0.05) is 4.90 Å². The molecule has 0 aliphatic heterocycles. The molecule has 0 fully saturated rings. The smallest absolute Gasteiger partial charge is 0.0832 e. The Morgan fingerprint density at radius 2 is 1.91 bits per heavy atom. The topological polar surface area (TPSA) is 26.0 Å². The van der Waals surface area contributed by atoms with Crippen LogP contribution in [-0.2, 0) is 0 Å². The van der Waals surface area contributed by atoms with E-state index >= 15 is 0 Å². The Hall–Kier alpha value is -0.0500. The third-order valence-corrected chi connectivity index (χ3v) is 3.09. The summed E-state index contributed by atoms with van der Waals surface area (Å²) in [6.45, 7) is 0. The minimum absolute atomic E-state index is 0.443. The number of hydrogen-bond donors (Lipinski definition) is 1. The largest absolute Gasteiger partial charge is 0.397 e. The fraction of sp³-hybridized carbons (Fsp3) is 0.143. The van der Waals surface area contributed by atoms with Crippen molar-refractivity contribution in [2.75, 3.05) is 12.0 Å². The summed E-state index contributed by atoms with van der Waals surface area (Å²) in [5.41, 5.74) is 6.04. The maximum Gasteiger partial charge on any atom is 0.0832 e. The number of anilines is 1. The van der Waals surface area contributed by atoms with Gasteiger partial charge in [-0.3, -0.25) is 0 Å². The maximum absolute atomic E-state index is 5.87. The first-order valence-corrected chi connectivity index (χ1v) is 4.92. The fourth-order valence-electron chi connectivity index (χ4n) is 0.704. The zero-order valence-electron chi connectivity index (χ0n) is 5.90. The van der Waals surface area contributed by atoms with Gasteiger partial charge in [-0.15, -0.1) is 11.8 Å². The molecule has 0 spiro atoms. The molecule has 11 heavy (non-hydrogen) atoms. The van der Waals surface area contributed by atoms with Crippen LogP contribution in [0, 0.1) is 0 Å². The highest BCUT2D eigenvalue weighted by Gasteiger charge is 2.05. The summed E-state index contributed by atoms with van der Waals surface area (Å²) in [4.78, 5) is 0.950. The molecule has 0 amide bonds. The molecule has 2 N–H and O–H groups in total. The van der Waals surface area contributed by atoms with Crippen LogP contribution in [0.1, 0.15) is 0 Å². The lowest BCUT2D eigenvalue weighted by Crippen LogP contribution is -1.87. The van der Waals surface area contributed by atoms with Gasteiger partial charge < -0.3 is 5.73 Å². The van der Waals surface area contributed by atoms with Crippen LogP contribution >= 0.6 is 35.0 Å². The Morgan fingerprint density at radius 3 is 2.45 bits per heavy atom. The molecule has 1 rings (SSSR count). The van der Waals surface area contributed by atoms with E-state index in [0.717, 1.165) is 4.90 Å². The van der Waals surface area contributed by atoms with Crippen molar-refractivity contribution in [1.82, 2.24) is 0 Å². The number of hydrogen-bond acceptors (Lipinski definition) is 2. The zero-order valence-corrected chi connectivity index (χ0v) is 8.22. The van der Waals surface area contributed by atoms with Gasteiger partial charge in [-0.2, -0.15) is 0 Å². The first-order valence-electron chi connectivity index (χ1n) is 2.94. The van der Waals surface area contributed by atoms with Crippen molar-refractivity contribution in [3.05, 3.63) is 22.2 Å². The van der Waals surface area contributed by atoms with Gasteiger partial charge in [0.2, 0.25) is 0 Å². The average molecular weight is 208 g/mol. The van der Waals surface area contributed by atoms with Crippen LogP contribution in [0.4, 0.5) is 5.69 Å². The Bertz CT molecular complexity index is 275. The number of rotatable bonds is 1. The predicted octanol–water partition coefficient (Wildman–Crippen LogP) is 3.30. The third-order valence-electron chi connectivity index (χ3n) is 1.30. The molecule has 0 bridgehead atoms. The van der Waals surface area contributed by atoms with E-state index in [1.165, 1.54) is 0 Å². The van der Waals surface area contributed by atoms with Crippen molar-refractivity contribution < 1.29 is 0 Å². The van der Waals surface area contributed by atoms with Gasteiger partial charge in [0.15, 0.2) is 0 Å². The van der Waals surface area contributed by atoms with Gasteiger partial charge in [0.1, 0.15) is 0 Å². The molecular formula is C7H7Cl2NS. The van der Waals surface area contributed by atoms with E-state index in [1.807, 2.05) is 12.3 Å². The molecule has 0 atom stereocenters. The molecular weight excluding hydrogens is 201 g/mol. The van der Waals surface area contributed by atoms with Gasteiger partial charge in [0.25, 0.3) is 0 Å². The number of nitrogen functional groups attached to an aromatic ring is 1. The van der Waals surface area contributed by atoms with E-state index in [0.29, 0.717) is 15.7 Å². The highest BCUT2D eigenvalue weighted by molar-refractivity contribution is 7.98. The summed E-state index contributed by atoms with van der Waals surface area (Å²) < 4.78 is 0. The van der Waals surface area contributed by atoms with E-state index in [9.17, 15) is 0 Å². The molecule has 0 aromatic heterocycles. The van der Waals surface area contributed by atoms with Crippen LogP contribution in [0.25, 0.3) is 0 Å². The molecule has 0 unspecified atom stereocenters. The molecule has 60 valence electrons. The monoisotopic (exact) mass is 207 g/mol. The van der Waals surface area contributed by atoms with Crippen molar-refractivity contribution in [1.29, 1.82) is 0 Å². The molecule has 0 saturated heterocycles. The summed E-state index contributed by atoms with van der Waals surface area (Å²) in [7, 11) is 0. The van der Waals surface area contributed by atoms with Crippen LogP contribution < -0.4 is 5.73 Å². The molecule has 0 heterocycles. The van der Waals surface area contributed by atoms with Crippen LogP contribution in [0.3, 0.4) is 0 Å². The van der Waals surface area contributed by atoms with E-state index in [4.69, 9.17) is 28.9 Å². The number of benzene rings is 1. The van der Waals surface area contributed by atoms with Crippen LogP contribution in [-0.4, -0.2) is 6.26 Å². The van der Waals surface area contributed by atoms with Gasteiger partial charge >= 0.3 is 0 Å². The molecule has 0 aliphatic carbocycles. The standard InChI is InChI=1S/C7H7Cl2NS/c1-11-5-3-2-4(10)6(8)7(5)9/h2-3H,10H2,1H3. The summed E-state index contributed by atoms with van der Waals surface area (Å²) in [6.07, 6.45) is 1.94. The SMILES string of the molecule is CSc1ccc(N)c(Cl)c1Cl. The second-order valence-corrected chi connectivity index (χ2v) is 3.59. The highest BCUT2D eigenvalue weighted by atomic mass is 35.5. The van der Waals surface area contributed by atoms with Crippen LogP contribution in [0.15, 0.2) is 17.0 Å². The average Bonchev–Trinajstić information content (AvgIpc) is 2.01. The highest BCUT2D eigenvalue weighted by Crippen LogP contribution is 2.35. The molecule has 1 nitrogen and oxygen atoms in total. The van der Waals surface area contributed by atoms with Crippen molar-refractivity contribution in [3.63, 3.8) is 0 Å². The quantitative estimate of drug-likeness (QED) is 0.566. The lowest BCUT2D eigenvalue weighted by atomic mass is 10.3. The second kappa shape index (κ2) is 3.57. The van der Waals surface area contributed by atoms with E-state index in [2.05, 4.69) is 0 Å². The Balaban J connectivity index is 3.25. The minimum Gasteiger partial charge on any atom is -0.397 e. The number of thioether (sulfide) groups is 1. The van der Waals surface area contributed by atoms with Gasteiger partial charge in [0.05, 0.1) is 15.7 Å². The Morgan fingerprint density at radius 1 is 1.27 bits per heavy atom. The first-order chi connectivity index (χ1) is 5.16. The Kier molecular flexibility index (Phi) is 2.93. The van der Waals surface area contributed by atoms with Crippen LogP contribution in [0.2, 0.25) is 10.0 Å². The van der Waals surface area contributed by atoms with Crippen molar-refractivity contribution in [2.24, 2.45) is 0 Å². The van der Waals surface area contributed by atoms with Crippen molar-refractivity contribution >= 4 is 40.7 Å². The zero-order chi connectivity index (χ0) is 8.43. The molecule has 0 saturated carbocycles. The molecule has 1 aromatic carbocycles. The third kappa shape index (κ3) is 1.75. The van der Waals surface area contributed by atoms with Gasteiger partial charge in [-0.05, 0) is 18.4 Å². The predicted molar refractivity (Wildman–Crippen MR) is 52.7 cm³/mol. The summed E-state index contributed by atoms with van der Waals surface area (Å²) in [6, 6.07) is 3.61. The lowest BCUT2D eigenvalue weighted by molar-refractivity contribution is 1.47. The van der Waals surface area contributed by atoms with Gasteiger partial charge in [-0.25, -0.2) is 0 Å². The van der Waals surface area contributed by atoms with Crippen LogP contribution in [0.5, 0.6) is 0 Å².